The molecule has 1 amide bonds. The van der Waals surface area contributed by atoms with Crippen molar-refractivity contribution in [1.29, 1.82) is 0 Å². The number of carbonyl (C=O) groups is 1. The summed E-state index contributed by atoms with van der Waals surface area (Å²) < 4.78 is 16.4. The summed E-state index contributed by atoms with van der Waals surface area (Å²) in [6.45, 7) is 1.88. The first-order valence-corrected chi connectivity index (χ1v) is 7.44. The minimum absolute atomic E-state index is 0.0913. The maximum absolute atomic E-state index is 12.2. The van der Waals surface area contributed by atoms with Crippen LogP contribution >= 0.6 is 0 Å². The van der Waals surface area contributed by atoms with E-state index in [1.807, 2.05) is 12.1 Å². The third-order valence-electron chi connectivity index (χ3n) is 3.58. The highest BCUT2D eigenvalue weighted by Crippen LogP contribution is 2.30. The Kier molecular flexibility index (Phi) is 4.25. The predicted octanol–water partition coefficient (Wildman–Crippen LogP) is 1.53. The number of fused-ring (bicyclic) bond motifs is 1. The van der Waals surface area contributed by atoms with E-state index < -0.39 is 11.7 Å². The van der Waals surface area contributed by atoms with E-state index in [-0.39, 0.29) is 19.1 Å². The normalized spacial score (nSPS) is 19.0. The van der Waals surface area contributed by atoms with Crippen molar-refractivity contribution in [2.75, 3.05) is 13.2 Å². The molecule has 1 aromatic heterocycles. The Morgan fingerprint density at radius 2 is 2.09 bits per heavy atom. The monoisotopic (exact) mass is 317 g/mol. The number of hydrogen-bond acceptors (Lipinski definition) is 5. The Morgan fingerprint density at radius 1 is 1.30 bits per heavy atom. The number of nitrogens with one attached hydrogen (secondary N) is 1. The number of ether oxygens (including phenoxy) is 2. The van der Waals surface area contributed by atoms with Gasteiger partial charge in [-0.2, -0.15) is 0 Å². The van der Waals surface area contributed by atoms with E-state index in [1.165, 1.54) is 0 Å². The second kappa shape index (κ2) is 6.34. The minimum atomic E-state index is -1.11. The Bertz CT molecular complexity index is 665. The highest BCUT2D eigenvalue weighted by atomic mass is 16.6. The molecule has 2 atom stereocenters. The molecule has 1 aliphatic heterocycles. The molecule has 2 aromatic rings. The molecule has 1 aliphatic rings. The summed E-state index contributed by atoms with van der Waals surface area (Å²) >= 11 is 0. The van der Waals surface area contributed by atoms with Crippen LogP contribution in [0.4, 0.5) is 0 Å². The molecule has 2 N–H and O–H groups in total. The molecule has 6 nitrogen and oxygen atoms in total. The zero-order valence-corrected chi connectivity index (χ0v) is 12.8. The maximum atomic E-state index is 12.2. The van der Waals surface area contributed by atoms with Crippen molar-refractivity contribution in [3.8, 4) is 11.5 Å². The molecule has 122 valence electrons. The second-order valence-corrected chi connectivity index (χ2v) is 5.84. The number of amides is 1. The Hall–Kier alpha value is -2.47. The summed E-state index contributed by atoms with van der Waals surface area (Å²) in [5, 5.41) is 13.0. The van der Waals surface area contributed by atoms with Gasteiger partial charge in [-0.25, -0.2) is 0 Å². The molecule has 0 radical (unpaired) electrons. The zero-order valence-electron chi connectivity index (χ0n) is 12.8. The highest BCUT2D eigenvalue weighted by molar-refractivity contribution is 5.81. The van der Waals surface area contributed by atoms with Crippen molar-refractivity contribution in [2.45, 2.75) is 25.0 Å². The van der Waals surface area contributed by atoms with Crippen molar-refractivity contribution < 1.29 is 23.8 Å². The number of hydrogen-bond donors (Lipinski definition) is 2. The summed E-state index contributed by atoms with van der Waals surface area (Å²) in [6.07, 6.45) is 1.13. The molecule has 0 bridgehead atoms. The summed E-state index contributed by atoms with van der Waals surface area (Å²) in [6, 6.07) is 10.7. The van der Waals surface area contributed by atoms with Gasteiger partial charge in [0.15, 0.2) is 11.5 Å². The molecule has 0 saturated heterocycles. The van der Waals surface area contributed by atoms with Crippen LogP contribution in [0, 0.1) is 0 Å². The second-order valence-electron chi connectivity index (χ2n) is 5.84. The highest BCUT2D eigenvalue weighted by Gasteiger charge is 2.29. The van der Waals surface area contributed by atoms with E-state index in [0.717, 1.165) is 0 Å². The van der Waals surface area contributed by atoms with E-state index >= 15 is 0 Å². The van der Waals surface area contributed by atoms with E-state index in [1.54, 1.807) is 37.5 Å². The quantitative estimate of drug-likeness (QED) is 0.874. The van der Waals surface area contributed by atoms with Crippen LogP contribution in [0.1, 0.15) is 12.7 Å². The third kappa shape index (κ3) is 3.84. The smallest absolute Gasteiger partial charge is 0.264 e. The van der Waals surface area contributed by atoms with Crippen LogP contribution in [-0.4, -0.2) is 35.9 Å². The van der Waals surface area contributed by atoms with Crippen molar-refractivity contribution in [3.05, 3.63) is 48.4 Å². The lowest BCUT2D eigenvalue weighted by Crippen LogP contribution is -2.49. The molecule has 1 aromatic carbocycles. The standard InChI is InChI=1S/C17H19NO5/c1-17(20,9-12-5-4-8-21-12)11-18-16(19)15-10-22-13-6-2-3-7-14(13)23-15/h2-8,15,20H,9-11H2,1H3,(H,18,19). The number of aliphatic hydroxyl groups is 1. The number of furan rings is 1. The van der Waals surface area contributed by atoms with Gasteiger partial charge >= 0.3 is 0 Å². The molecule has 0 aliphatic carbocycles. The predicted molar refractivity (Wildman–Crippen MR) is 82.4 cm³/mol. The van der Waals surface area contributed by atoms with Gasteiger partial charge in [-0.15, -0.1) is 0 Å². The first-order valence-electron chi connectivity index (χ1n) is 7.44. The molecular formula is C17H19NO5. The largest absolute Gasteiger partial charge is 0.485 e. The molecule has 3 rings (SSSR count). The molecule has 0 fully saturated rings. The number of rotatable bonds is 5. The fraction of sp³-hybridized carbons (Fsp3) is 0.353. The van der Waals surface area contributed by atoms with Gasteiger partial charge < -0.3 is 24.3 Å². The molecule has 23 heavy (non-hydrogen) atoms. The van der Waals surface area contributed by atoms with Crippen LogP contribution in [0.25, 0.3) is 0 Å². The van der Waals surface area contributed by atoms with Gasteiger partial charge in [0.05, 0.1) is 11.9 Å². The fourth-order valence-electron chi connectivity index (χ4n) is 2.39. The summed E-state index contributed by atoms with van der Waals surface area (Å²) in [5.74, 6) is 1.51. The van der Waals surface area contributed by atoms with E-state index in [9.17, 15) is 9.90 Å². The van der Waals surface area contributed by atoms with Crippen molar-refractivity contribution in [1.82, 2.24) is 5.32 Å². The lowest BCUT2D eigenvalue weighted by molar-refractivity contribution is -0.131. The number of para-hydroxylation sites is 2. The molecular weight excluding hydrogens is 298 g/mol. The zero-order chi connectivity index (χ0) is 16.3. The molecule has 2 heterocycles. The average molecular weight is 317 g/mol. The van der Waals surface area contributed by atoms with Crippen molar-refractivity contribution in [2.24, 2.45) is 0 Å². The van der Waals surface area contributed by atoms with Gasteiger partial charge in [0.1, 0.15) is 12.4 Å². The Morgan fingerprint density at radius 3 is 2.83 bits per heavy atom. The SMILES string of the molecule is CC(O)(CNC(=O)C1COc2ccccc2O1)Cc1ccco1. The molecule has 0 saturated carbocycles. The van der Waals surface area contributed by atoms with Crippen LogP contribution in [0.15, 0.2) is 47.1 Å². The average Bonchev–Trinajstić information content (AvgIpc) is 3.04. The molecule has 6 heteroatoms. The molecule has 0 spiro atoms. The van der Waals surface area contributed by atoms with E-state index in [4.69, 9.17) is 13.9 Å². The van der Waals surface area contributed by atoms with Gasteiger partial charge in [-0.05, 0) is 31.2 Å². The van der Waals surface area contributed by atoms with Gasteiger partial charge in [-0.1, -0.05) is 12.1 Å². The Labute approximate surface area is 134 Å². The van der Waals surface area contributed by atoms with Crippen LogP contribution < -0.4 is 14.8 Å². The number of carbonyl (C=O) groups excluding carboxylic acids is 1. The van der Waals surface area contributed by atoms with Gasteiger partial charge in [-0.3, -0.25) is 4.79 Å². The van der Waals surface area contributed by atoms with Gasteiger partial charge in [0.2, 0.25) is 6.10 Å². The van der Waals surface area contributed by atoms with Crippen molar-refractivity contribution in [3.63, 3.8) is 0 Å². The van der Waals surface area contributed by atoms with Gasteiger partial charge in [0.25, 0.3) is 5.91 Å². The minimum Gasteiger partial charge on any atom is -0.485 e. The van der Waals surface area contributed by atoms with Gasteiger partial charge in [0, 0.05) is 13.0 Å². The fourth-order valence-corrected chi connectivity index (χ4v) is 2.39. The Balaban J connectivity index is 1.53. The maximum Gasteiger partial charge on any atom is 0.264 e. The first-order chi connectivity index (χ1) is 11.0. The number of benzene rings is 1. The third-order valence-corrected chi connectivity index (χ3v) is 3.58. The molecule has 2 unspecified atom stereocenters. The van der Waals surface area contributed by atoms with Crippen LogP contribution in [-0.2, 0) is 11.2 Å². The van der Waals surface area contributed by atoms with Crippen LogP contribution in [0.2, 0.25) is 0 Å². The summed E-state index contributed by atoms with van der Waals surface area (Å²) in [4.78, 5) is 12.2. The lowest BCUT2D eigenvalue weighted by atomic mass is 10.0. The van der Waals surface area contributed by atoms with Crippen LogP contribution in [0.3, 0.4) is 0 Å². The lowest BCUT2D eigenvalue weighted by Gasteiger charge is -2.27. The van der Waals surface area contributed by atoms with E-state index in [0.29, 0.717) is 23.7 Å². The topological polar surface area (TPSA) is 80.9 Å². The summed E-state index contributed by atoms with van der Waals surface area (Å²) in [7, 11) is 0. The summed E-state index contributed by atoms with van der Waals surface area (Å²) in [5.41, 5.74) is -1.11. The van der Waals surface area contributed by atoms with Crippen molar-refractivity contribution >= 4 is 5.91 Å². The first kappa shape index (κ1) is 15.4. The van der Waals surface area contributed by atoms with E-state index in [2.05, 4.69) is 5.32 Å². The van der Waals surface area contributed by atoms with Crippen LogP contribution in [0.5, 0.6) is 11.5 Å².